The molecule has 136 valence electrons. The molecule has 0 aliphatic rings. The summed E-state index contributed by atoms with van der Waals surface area (Å²) in [4.78, 5) is 29.2. The largest absolute Gasteiger partial charge is 0.323 e. The summed E-state index contributed by atoms with van der Waals surface area (Å²) in [7, 11) is 1.70. The SMILES string of the molecule is CC(=O)N(C)c1ccc(NC(=O)/C=C/c2cnccc2-c2cn[nH]c2)cc1. The van der Waals surface area contributed by atoms with E-state index in [1.165, 1.54) is 17.9 Å². The normalized spacial score (nSPS) is 10.7. The average molecular weight is 361 g/mol. The summed E-state index contributed by atoms with van der Waals surface area (Å²) in [6.45, 7) is 1.50. The maximum absolute atomic E-state index is 12.2. The molecule has 2 N–H and O–H groups in total. The zero-order valence-electron chi connectivity index (χ0n) is 15.0. The minimum Gasteiger partial charge on any atom is -0.323 e. The van der Waals surface area contributed by atoms with Gasteiger partial charge in [-0.25, -0.2) is 0 Å². The van der Waals surface area contributed by atoms with Gasteiger partial charge in [0.25, 0.3) is 0 Å². The highest BCUT2D eigenvalue weighted by molar-refractivity contribution is 6.02. The lowest BCUT2D eigenvalue weighted by Crippen LogP contribution is -2.22. The molecule has 2 amide bonds. The zero-order chi connectivity index (χ0) is 19.2. The summed E-state index contributed by atoms with van der Waals surface area (Å²) >= 11 is 0. The predicted octanol–water partition coefficient (Wildman–Crippen LogP) is 3.11. The molecule has 3 aromatic rings. The average Bonchev–Trinajstić information content (AvgIpc) is 3.21. The number of carbonyl (C=O) groups excluding carboxylic acids is 2. The van der Waals surface area contributed by atoms with Crippen LogP contribution in [0.15, 0.2) is 61.2 Å². The summed E-state index contributed by atoms with van der Waals surface area (Å²) in [5.74, 6) is -0.315. The van der Waals surface area contributed by atoms with Crippen LogP contribution in [0.25, 0.3) is 17.2 Å². The van der Waals surface area contributed by atoms with Gasteiger partial charge in [0.2, 0.25) is 11.8 Å². The molecule has 0 atom stereocenters. The van der Waals surface area contributed by atoms with Gasteiger partial charge in [-0.05, 0) is 42.0 Å². The van der Waals surface area contributed by atoms with Crippen molar-refractivity contribution in [3.05, 3.63) is 66.8 Å². The molecule has 0 unspecified atom stereocenters. The summed E-state index contributed by atoms with van der Waals surface area (Å²) in [6.07, 6.45) is 10.1. The zero-order valence-corrected chi connectivity index (χ0v) is 15.0. The van der Waals surface area contributed by atoms with Crippen molar-refractivity contribution >= 4 is 29.3 Å². The van der Waals surface area contributed by atoms with Gasteiger partial charge in [-0.2, -0.15) is 5.10 Å². The van der Waals surface area contributed by atoms with Crippen LogP contribution >= 0.6 is 0 Å². The molecule has 0 fully saturated rings. The Kier molecular flexibility index (Phi) is 5.41. The fourth-order valence-electron chi connectivity index (χ4n) is 2.50. The van der Waals surface area contributed by atoms with Crippen LogP contribution in [0.2, 0.25) is 0 Å². The highest BCUT2D eigenvalue weighted by atomic mass is 16.2. The van der Waals surface area contributed by atoms with Crippen molar-refractivity contribution < 1.29 is 9.59 Å². The molecule has 0 saturated carbocycles. The number of nitrogens with zero attached hydrogens (tertiary/aromatic N) is 3. The number of anilines is 2. The van der Waals surface area contributed by atoms with Gasteiger partial charge >= 0.3 is 0 Å². The number of hydrogen-bond acceptors (Lipinski definition) is 4. The van der Waals surface area contributed by atoms with Crippen LogP contribution in [0.1, 0.15) is 12.5 Å². The summed E-state index contributed by atoms with van der Waals surface area (Å²) in [6, 6.07) is 8.92. The second-order valence-corrected chi connectivity index (χ2v) is 5.90. The van der Waals surface area contributed by atoms with Gasteiger partial charge in [-0.3, -0.25) is 19.7 Å². The maximum Gasteiger partial charge on any atom is 0.248 e. The highest BCUT2D eigenvalue weighted by Crippen LogP contribution is 2.22. The van der Waals surface area contributed by atoms with Crippen molar-refractivity contribution in [2.24, 2.45) is 0 Å². The smallest absolute Gasteiger partial charge is 0.248 e. The lowest BCUT2D eigenvalue weighted by molar-refractivity contribution is -0.116. The summed E-state index contributed by atoms with van der Waals surface area (Å²) < 4.78 is 0. The van der Waals surface area contributed by atoms with E-state index in [4.69, 9.17) is 0 Å². The molecule has 27 heavy (non-hydrogen) atoms. The molecule has 2 heterocycles. The van der Waals surface area contributed by atoms with Crippen LogP contribution in [-0.2, 0) is 9.59 Å². The number of H-pyrrole nitrogens is 1. The maximum atomic E-state index is 12.2. The number of carbonyl (C=O) groups is 2. The quantitative estimate of drug-likeness (QED) is 0.683. The third-order valence-electron chi connectivity index (χ3n) is 4.07. The van der Waals surface area contributed by atoms with Crippen LogP contribution in [0.3, 0.4) is 0 Å². The number of pyridine rings is 1. The van der Waals surface area contributed by atoms with E-state index in [9.17, 15) is 9.59 Å². The van der Waals surface area contributed by atoms with Crippen molar-refractivity contribution in [2.75, 3.05) is 17.3 Å². The topological polar surface area (TPSA) is 91.0 Å². The van der Waals surface area contributed by atoms with E-state index in [0.717, 1.165) is 22.4 Å². The minimum absolute atomic E-state index is 0.0559. The molecular formula is C20H19N5O2. The lowest BCUT2D eigenvalue weighted by Gasteiger charge is -2.15. The van der Waals surface area contributed by atoms with Crippen molar-refractivity contribution in [3.8, 4) is 11.1 Å². The number of amides is 2. The minimum atomic E-state index is -0.260. The van der Waals surface area contributed by atoms with Crippen molar-refractivity contribution in [1.82, 2.24) is 15.2 Å². The fraction of sp³-hybridized carbons (Fsp3) is 0.100. The number of aromatic nitrogens is 3. The second kappa shape index (κ2) is 8.09. The van der Waals surface area contributed by atoms with Crippen LogP contribution in [0, 0.1) is 0 Å². The first-order valence-electron chi connectivity index (χ1n) is 8.31. The van der Waals surface area contributed by atoms with Crippen LogP contribution in [-0.4, -0.2) is 34.0 Å². The van der Waals surface area contributed by atoms with E-state index in [0.29, 0.717) is 5.69 Å². The van der Waals surface area contributed by atoms with Crippen LogP contribution < -0.4 is 10.2 Å². The molecule has 7 nitrogen and oxygen atoms in total. The van der Waals surface area contributed by atoms with E-state index in [2.05, 4.69) is 20.5 Å². The van der Waals surface area contributed by atoms with Gasteiger partial charge in [0.15, 0.2) is 0 Å². The number of aromatic amines is 1. The third-order valence-corrected chi connectivity index (χ3v) is 4.07. The third kappa shape index (κ3) is 4.46. The molecule has 2 aromatic heterocycles. The van der Waals surface area contributed by atoms with E-state index in [1.54, 1.807) is 62.2 Å². The first-order valence-corrected chi connectivity index (χ1v) is 8.31. The molecule has 1 aromatic carbocycles. The van der Waals surface area contributed by atoms with Crippen LogP contribution in [0.4, 0.5) is 11.4 Å². The Balaban J connectivity index is 1.69. The molecular weight excluding hydrogens is 342 g/mol. The van der Waals surface area contributed by atoms with Gasteiger partial charge < -0.3 is 10.2 Å². The monoisotopic (exact) mass is 361 g/mol. The Morgan fingerprint density at radius 2 is 1.93 bits per heavy atom. The molecule has 0 aliphatic heterocycles. The van der Waals surface area contributed by atoms with E-state index in [1.807, 2.05) is 6.07 Å². The van der Waals surface area contributed by atoms with E-state index < -0.39 is 0 Å². The molecule has 3 rings (SSSR count). The van der Waals surface area contributed by atoms with Crippen molar-refractivity contribution in [1.29, 1.82) is 0 Å². The van der Waals surface area contributed by atoms with Crippen molar-refractivity contribution in [3.63, 3.8) is 0 Å². The Labute approximate surface area is 156 Å². The molecule has 0 spiro atoms. The molecule has 7 heteroatoms. The first-order chi connectivity index (χ1) is 13.0. The highest BCUT2D eigenvalue weighted by Gasteiger charge is 2.07. The second-order valence-electron chi connectivity index (χ2n) is 5.90. The predicted molar refractivity (Wildman–Crippen MR) is 105 cm³/mol. The summed E-state index contributed by atoms with van der Waals surface area (Å²) in [5, 5.41) is 9.52. The molecule has 0 saturated heterocycles. The number of nitrogens with one attached hydrogen (secondary N) is 2. The van der Waals surface area contributed by atoms with E-state index in [-0.39, 0.29) is 11.8 Å². The van der Waals surface area contributed by atoms with Gasteiger partial charge in [0, 0.05) is 61.1 Å². The standard InChI is InChI=1S/C20H19N5O2/c1-14(26)25(2)18-6-4-17(5-7-18)24-20(27)8-3-15-11-21-10-9-19(15)16-12-22-23-13-16/h3-13H,1-2H3,(H,22,23)(H,24,27)/b8-3+. The number of hydrogen-bond donors (Lipinski definition) is 2. The van der Waals surface area contributed by atoms with Crippen LogP contribution in [0.5, 0.6) is 0 Å². The van der Waals surface area contributed by atoms with E-state index >= 15 is 0 Å². The van der Waals surface area contributed by atoms with Gasteiger partial charge in [-0.15, -0.1) is 0 Å². The molecule has 0 bridgehead atoms. The van der Waals surface area contributed by atoms with Gasteiger partial charge in [0.05, 0.1) is 6.20 Å². The summed E-state index contributed by atoms with van der Waals surface area (Å²) in [5.41, 5.74) is 4.07. The molecule has 0 aliphatic carbocycles. The number of benzene rings is 1. The Morgan fingerprint density at radius 3 is 2.59 bits per heavy atom. The Bertz CT molecular complexity index is 962. The Morgan fingerprint density at radius 1 is 1.15 bits per heavy atom. The Hall–Kier alpha value is -3.74. The fourth-order valence-corrected chi connectivity index (χ4v) is 2.50. The first kappa shape index (κ1) is 18.1. The van der Waals surface area contributed by atoms with Crippen molar-refractivity contribution in [2.45, 2.75) is 6.92 Å². The number of rotatable bonds is 5. The van der Waals surface area contributed by atoms with Gasteiger partial charge in [-0.1, -0.05) is 0 Å². The molecule has 0 radical (unpaired) electrons. The lowest BCUT2D eigenvalue weighted by atomic mass is 10.0. The van der Waals surface area contributed by atoms with Gasteiger partial charge in [0.1, 0.15) is 0 Å².